The molecule has 2 aromatic rings. The molecule has 104 valence electrons. The molecule has 4 nitrogen and oxygen atoms in total. The first-order chi connectivity index (χ1) is 10.2. The molecule has 1 aromatic carbocycles. The van der Waals surface area contributed by atoms with Crippen molar-refractivity contribution in [1.29, 1.82) is 0 Å². The second kappa shape index (κ2) is 4.36. The number of para-hydroxylation sites is 1. The number of benzene rings is 1. The molecule has 1 aliphatic carbocycles. The highest BCUT2D eigenvalue weighted by atomic mass is 32.1. The summed E-state index contributed by atoms with van der Waals surface area (Å²) in [7, 11) is 0. The molecular weight excluding hydrogens is 286 g/mol. The van der Waals surface area contributed by atoms with Gasteiger partial charge in [-0.3, -0.25) is 14.4 Å². The Bertz CT molecular complexity index is 765. The first kappa shape index (κ1) is 12.5. The van der Waals surface area contributed by atoms with Crippen molar-refractivity contribution < 1.29 is 14.4 Å². The molecule has 5 heteroatoms. The normalized spacial score (nSPS) is 24.2. The lowest BCUT2D eigenvalue weighted by molar-refractivity contribution is -0.122. The maximum atomic E-state index is 12.7. The van der Waals surface area contributed by atoms with Gasteiger partial charge in [0.25, 0.3) is 0 Å². The summed E-state index contributed by atoms with van der Waals surface area (Å²) in [6.45, 7) is 0. The van der Waals surface area contributed by atoms with E-state index in [2.05, 4.69) is 0 Å². The molecule has 0 bridgehead atoms. The van der Waals surface area contributed by atoms with E-state index in [9.17, 15) is 14.4 Å². The number of ketones is 1. The molecule has 0 N–H and O–H groups in total. The van der Waals surface area contributed by atoms with Crippen LogP contribution in [-0.2, 0) is 9.59 Å². The summed E-state index contributed by atoms with van der Waals surface area (Å²) in [6.07, 6.45) is 0.131. The van der Waals surface area contributed by atoms with Gasteiger partial charge in [-0.25, -0.2) is 4.90 Å². The summed E-state index contributed by atoms with van der Waals surface area (Å²) >= 11 is 1.35. The van der Waals surface area contributed by atoms with E-state index in [4.69, 9.17) is 0 Å². The van der Waals surface area contributed by atoms with E-state index in [1.807, 2.05) is 11.4 Å². The van der Waals surface area contributed by atoms with Gasteiger partial charge in [-0.2, -0.15) is 0 Å². The number of imide groups is 1. The quantitative estimate of drug-likeness (QED) is 0.760. The fourth-order valence-electron chi connectivity index (χ4n) is 3.20. The Morgan fingerprint density at radius 2 is 1.76 bits per heavy atom. The highest BCUT2D eigenvalue weighted by molar-refractivity contribution is 7.12. The van der Waals surface area contributed by atoms with Crippen molar-refractivity contribution >= 4 is 34.6 Å². The van der Waals surface area contributed by atoms with Crippen LogP contribution in [0.3, 0.4) is 0 Å². The Balaban J connectivity index is 1.83. The number of nitrogens with zero attached hydrogens (tertiary/aromatic N) is 1. The van der Waals surface area contributed by atoms with E-state index in [0.29, 0.717) is 10.6 Å². The molecule has 0 spiro atoms. The van der Waals surface area contributed by atoms with Gasteiger partial charge in [0.05, 0.1) is 22.4 Å². The summed E-state index contributed by atoms with van der Waals surface area (Å²) in [5.74, 6) is -1.56. The van der Waals surface area contributed by atoms with E-state index in [0.717, 1.165) is 5.56 Å². The summed E-state index contributed by atoms with van der Waals surface area (Å²) in [5.41, 5.74) is 1.30. The molecule has 2 aliphatic rings. The Labute approximate surface area is 125 Å². The molecule has 2 atom stereocenters. The molecule has 1 saturated heterocycles. The lowest BCUT2D eigenvalue weighted by atomic mass is 9.79. The van der Waals surface area contributed by atoms with Crippen molar-refractivity contribution in [3.63, 3.8) is 0 Å². The van der Waals surface area contributed by atoms with Gasteiger partial charge in [0.1, 0.15) is 0 Å². The number of thiophene rings is 1. The number of fused-ring (bicyclic) bond motifs is 3. The van der Waals surface area contributed by atoms with E-state index < -0.39 is 11.8 Å². The minimum Gasteiger partial charge on any atom is -0.293 e. The average Bonchev–Trinajstić information content (AvgIpc) is 3.05. The van der Waals surface area contributed by atoms with E-state index >= 15 is 0 Å². The van der Waals surface area contributed by atoms with E-state index in [1.165, 1.54) is 16.2 Å². The van der Waals surface area contributed by atoms with Gasteiger partial charge < -0.3 is 0 Å². The van der Waals surface area contributed by atoms with Crippen molar-refractivity contribution in [3.05, 3.63) is 52.2 Å². The Hall–Kier alpha value is -2.27. The highest BCUT2D eigenvalue weighted by Crippen LogP contribution is 2.45. The fraction of sp³-hybridized carbons (Fsp3) is 0.188. The predicted molar refractivity (Wildman–Crippen MR) is 78.4 cm³/mol. The van der Waals surface area contributed by atoms with Crippen LogP contribution in [0.1, 0.15) is 27.6 Å². The van der Waals surface area contributed by atoms with Crippen molar-refractivity contribution in [2.45, 2.75) is 12.3 Å². The molecule has 1 aromatic heterocycles. The van der Waals surface area contributed by atoms with Crippen LogP contribution in [0.5, 0.6) is 0 Å². The van der Waals surface area contributed by atoms with Crippen LogP contribution < -0.4 is 4.90 Å². The fourth-order valence-corrected chi connectivity index (χ4v) is 4.09. The summed E-state index contributed by atoms with van der Waals surface area (Å²) in [5, 5.41) is 1.81. The number of carbonyl (C=O) groups excluding carboxylic acids is 3. The lowest BCUT2D eigenvalue weighted by Gasteiger charge is -2.20. The first-order valence-corrected chi connectivity index (χ1v) is 7.60. The SMILES string of the molecule is O=C1CC2C(=O)N(c3ccccc3)C(=O)C2c2ccsc21. The topological polar surface area (TPSA) is 54.5 Å². The molecule has 0 radical (unpaired) electrons. The van der Waals surface area contributed by atoms with Gasteiger partial charge in [-0.15, -0.1) is 11.3 Å². The van der Waals surface area contributed by atoms with Crippen LogP contribution in [-0.4, -0.2) is 17.6 Å². The van der Waals surface area contributed by atoms with Crippen LogP contribution in [0.4, 0.5) is 5.69 Å². The minimum atomic E-state index is -0.549. The number of amides is 2. The number of hydrogen-bond donors (Lipinski definition) is 0. The molecule has 1 aliphatic heterocycles. The standard InChI is InChI=1S/C16H11NO3S/c18-12-8-11-13(10-6-7-21-14(10)12)16(20)17(15(11)19)9-4-2-1-3-5-9/h1-7,11,13H,8H2. The summed E-state index contributed by atoms with van der Waals surface area (Å²) < 4.78 is 0. The number of Topliss-reactive ketones (excluding diaryl/α,β-unsaturated/α-hetero) is 1. The maximum Gasteiger partial charge on any atom is 0.242 e. The van der Waals surface area contributed by atoms with Crippen molar-refractivity contribution in [2.75, 3.05) is 4.90 Å². The van der Waals surface area contributed by atoms with Crippen molar-refractivity contribution in [1.82, 2.24) is 0 Å². The maximum absolute atomic E-state index is 12.7. The second-order valence-corrected chi connectivity index (χ2v) is 6.18. The molecule has 2 heterocycles. The number of carbonyl (C=O) groups is 3. The van der Waals surface area contributed by atoms with Crippen LogP contribution in [0.2, 0.25) is 0 Å². The van der Waals surface area contributed by atoms with Gasteiger partial charge >= 0.3 is 0 Å². The van der Waals surface area contributed by atoms with Crippen LogP contribution in [0.15, 0.2) is 41.8 Å². The first-order valence-electron chi connectivity index (χ1n) is 6.72. The highest BCUT2D eigenvalue weighted by Gasteiger charge is 2.53. The van der Waals surface area contributed by atoms with Gasteiger partial charge in [0.15, 0.2) is 5.78 Å². The van der Waals surface area contributed by atoms with Crippen LogP contribution in [0.25, 0.3) is 0 Å². The zero-order valence-electron chi connectivity index (χ0n) is 11.0. The van der Waals surface area contributed by atoms with E-state index in [-0.39, 0.29) is 24.0 Å². The number of hydrogen-bond acceptors (Lipinski definition) is 4. The van der Waals surface area contributed by atoms with Gasteiger partial charge in [-0.05, 0) is 29.1 Å². The third-order valence-electron chi connectivity index (χ3n) is 4.13. The monoisotopic (exact) mass is 297 g/mol. The zero-order chi connectivity index (χ0) is 14.6. The third-order valence-corrected chi connectivity index (χ3v) is 5.10. The van der Waals surface area contributed by atoms with Gasteiger partial charge in [0.2, 0.25) is 11.8 Å². The van der Waals surface area contributed by atoms with Gasteiger partial charge in [-0.1, -0.05) is 18.2 Å². The Morgan fingerprint density at radius 1 is 1.00 bits per heavy atom. The molecule has 21 heavy (non-hydrogen) atoms. The number of rotatable bonds is 1. The Morgan fingerprint density at radius 3 is 2.52 bits per heavy atom. The van der Waals surface area contributed by atoms with Crippen LogP contribution >= 0.6 is 11.3 Å². The molecular formula is C16H11NO3S. The van der Waals surface area contributed by atoms with E-state index in [1.54, 1.807) is 30.3 Å². The number of anilines is 1. The second-order valence-electron chi connectivity index (χ2n) is 5.26. The van der Waals surface area contributed by atoms with Crippen molar-refractivity contribution in [3.8, 4) is 0 Å². The Kier molecular flexibility index (Phi) is 2.59. The minimum absolute atomic E-state index is 0.0303. The molecule has 2 amide bonds. The molecule has 2 unspecified atom stereocenters. The van der Waals surface area contributed by atoms with Crippen molar-refractivity contribution in [2.24, 2.45) is 5.92 Å². The predicted octanol–water partition coefficient (Wildman–Crippen LogP) is 2.61. The summed E-state index contributed by atoms with van der Waals surface area (Å²) in [6, 6.07) is 10.7. The summed E-state index contributed by atoms with van der Waals surface area (Å²) in [4.78, 5) is 39.3. The lowest BCUT2D eigenvalue weighted by Crippen LogP contribution is -2.30. The van der Waals surface area contributed by atoms with Gasteiger partial charge in [0, 0.05) is 6.42 Å². The molecule has 4 rings (SSSR count). The molecule has 1 fully saturated rings. The smallest absolute Gasteiger partial charge is 0.242 e. The largest absolute Gasteiger partial charge is 0.293 e. The average molecular weight is 297 g/mol. The zero-order valence-corrected chi connectivity index (χ0v) is 11.8. The van der Waals surface area contributed by atoms with Crippen LogP contribution in [0, 0.1) is 5.92 Å². The third kappa shape index (κ3) is 1.64. The molecule has 0 saturated carbocycles.